The van der Waals surface area contributed by atoms with Crippen molar-refractivity contribution in [2.45, 2.75) is 51.7 Å². The summed E-state index contributed by atoms with van der Waals surface area (Å²) in [6, 6.07) is 0. The summed E-state index contributed by atoms with van der Waals surface area (Å²) in [6.07, 6.45) is 2.99. The fourth-order valence-corrected chi connectivity index (χ4v) is 2.50. The molecule has 1 saturated heterocycles. The first-order valence-corrected chi connectivity index (χ1v) is 6.42. The number of rotatable bonds is 6. The first-order valence-electron chi connectivity index (χ1n) is 6.42. The number of carboxylic acids is 1. The molecule has 0 spiro atoms. The molecule has 2 unspecified atom stereocenters. The Bertz CT molecular complexity index is 261. The van der Waals surface area contributed by atoms with Crippen molar-refractivity contribution in [3.63, 3.8) is 0 Å². The molecular formula is C13H25NO3. The lowest BCUT2D eigenvalue weighted by molar-refractivity contribution is -0.151. The van der Waals surface area contributed by atoms with Gasteiger partial charge in [-0.15, -0.1) is 0 Å². The van der Waals surface area contributed by atoms with Crippen LogP contribution in [0.3, 0.4) is 0 Å². The molecule has 4 heteroatoms. The summed E-state index contributed by atoms with van der Waals surface area (Å²) >= 11 is 0. The second-order valence-electron chi connectivity index (χ2n) is 5.69. The topological polar surface area (TPSA) is 49.8 Å². The van der Waals surface area contributed by atoms with E-state index in [9.17, 15) is 9.90 Å². The molecule has 1 aliphatic heterocycles. The summed E-state index contributed by atoms with van der Waals surface area (Å²) < 4.78 is 5.57. The lowest BCUT2D eigenvalue weighted by Crippen LogP contribution is -2.53. The van der Waals surface area contributed by atoms with Crippen LogP contribution in [-0.4, -0.2) is 47.8 Å². The van der Waals surface area contributed by atoms with Gasteiger partial charge in [-0.1, -0.05) is 13.8 Å². The van der Waals surface area contributed by atoms with Gasteiger partial charge in [0.1, 0.15) is 5.54 Å². The van der Waals surface area contributed by atoms with E-state index in [1.807, 2.05) is 18.9 Å². The largest absolute Gasteiger partial charge is 0.480 e. The Hall–Kier alpha value is -0.610. The van der Waals surface area contributed by atoms with E-state index < -0.39 is 11.5 Å². The molecule has 1 heterocycles. The zero-order valence-corrected chi connectivity index (χ0v) is 11.4. The van der Waals surface area contributed by atoms with Gasteiger partial charge in [0, 0.05) is 13.2 Å². The first-order chi connectivity index (χ1) is 7.86. The van der Waals surface area contributed by atoms with Crippen LogP contribution in [0.2, 0.25) is 0 Å². The van der Waals surface area contributed by atoms with Crippen molar-refractivity contribution in [3.8, 4) is 0 Å². The van der Waals surface area contributed by atoms with E-state index in [0.29, 0.717) is 18.9 Å². The Kier molecular flexibility index (Phi) is 4.95. The maximum Gasteiger partial charge on any atom is 0.323 e. The quantitative estimate of drug-likeness (QED) is 0.775. The summed E-state index contributed by atoms with van der Waals surface area (Å²) in [7, 11) is 1.89. The lowest BCUT2D eigenvalue weighted by Gasteiger charge is -2.37. The third kappa shape index (κ3) is 3.68. The molecule has 4 nitrogen and oxygen atoms in total. The van der Waals surface area contributed by atoms with Crippen LogP contribution in [0, 0.1) is 5.92 Å². The van der Waals surface area contributed by atoms with Crippen molar-refractivity contribution in [1.29, 1.82) is 0 Å². The van der Waals surface area contributed by atoms with Gasteiger partial charge in [-0.3, -0.25) is 9.69 Å². The highest BCUT2D eigenvalue weighted by atomic mass is 16.5. The van der Waals surface area contributed by atoms with Crippen LogP contribution in [0.4, 0.5) is 0 Å². The number of aliphatic carboxylic acids is 1. The van der Waals surface area contributed by atoms with E-state index in [-0.39, 0.29) is 6.10 Å². The van der Waals surface area contributed by atoms with Crippen molar-refractivity contribution in [3.05, 3.63) is 0 Å². The Morgan fingerprint density at radius 1 is 1.59 bits per heavy atom. The van der Waals surface area contributed by atoms with Gasteiger partial charge in [0.2, 0.25) is 0 Å². The predicted molar refractivity (Wildman–Crippen MR) is 67.1 cm³/mol. The van der Waals surface area contributed by atoms with E-state index in [2.05, 4.69) is 13.8 Å². The van der Waals surface area contributed by atoms with E-state index in [4.69, 9.17) is 4.74 Å². The molecule has 100 valence electrons. The molecule has 0 aromatic heterocycles. The van der Waals surface area contributed by atoms with Gasteiger partial charge in [-0.05, 0) is 39.2 Å². The van der Waals surface area contributed by atoms with Gasteiger partial charge in [-0.25, -0.2) is 0 Å². The first kappa shape index (κ1) is 14.5. The van der Waals surface area contributed by atoms with Gasteiger partial charge in [-0.2, -0.15) is 0 Å². The molecule has 0 aromatic carbocycles. The smallest absolute Gasteiger partial charge is 0.323 e. The Morgan fingerprint density at radius 2 is 2.24 bits per heavy atom. The van der Waals surface area contributed by atoms with Crippen LogP contribution in [-0.2, 0) is 9.53 Å². The number of carboxylic acid groups (broad SMARTS) is 1. The summed E-state index contributed by atoms with van der Waals surface area (Å²) in [6.45, 7) is 7.44. The molecule has 0 amide bonds. The molecule has 2 atom stereocenters. The second-order valence-corrected chi connectivity index (χ2v) is 5.69. The number of likely N-dealkylation sites (N-methyl/N-ethyl adjacent to an activating group) is 1. The monoisotopic (exact) mass is 243 g/mol. The van der Waals surface area contributed by atoms with E-state index in [1.54, 1.807) is 0 Å². The highest BCUT2D eigenvalue weighted by Crippen LogP contribution is 2.25. The molecular weight excluding hydrogens is 218 g/mol. The van der Waals surface area contributed by atoms with Crippen LogP contribution in [0.1, 0.15) is 40.0 Å². The minimum atomic E-state index is -0.792. The van der Waals surface area contributed by atoms with Crippen molar-refractivity contribution < 1.29 is 14.6 Å². The lowest BCUT2D eigenvalue weighted by atomic mass is 9.89. The fraction of sp³-hybridized carbons (Fsp3) is 0.923. The third-order valence-electron chi connectivity index (χ3n) is 3.61. The Balaban J connectivity index is 2.64. The summed E-state index contributed by atoms with van der Waals surface area (Å²) in [4.78, 5) is 13.4. The molecule has 0 aliphatic carbocycles. The molecule has 1 aliphatic rings. The predicted octanol–water partition coefficient (Wildman–Crippen LogP) is 1.99. The molecule has 0 aromatic rings. The SMILES string of the molecule is CC(C)CC(C)(C(=O)O)N(C)CC1CCCO1. The number of carbonyl (C=O) groups is 1. The van der Waals surface area contributed by atoms with Crippen LogP contribution < -0.4 is 0 Å². The molecule has 0 saturated carbocycles. The molecule has 0 radical (unpaired) electrons. The minimum absolute atomic E-state index is 0.200. The Labute approximate surface area is 104 Å². The maximum absolute atomic E-state index is 11.5. The number of hydrogen-bond acceptors (Lipinski definition) is 3. The number of nitrogens with zero attached hydrogens (tertiary/aromatic N) is 1. The zero-order valence-electron chi connectivity index (χ0n) is 11.4. The molecule has 17 heavy (non-hydrogen) atoms. The second kappa shape index (κ2) is 5.83. The van der Waals surface area contributed by atoms with E-state index in [1.165, 1.54) is 0 Å². The van der Waals surface area contributed by atoms with Gasteiger partial charge < -0.3 is 9.84 Å². The average Bonchev–Trinajstić information content (AvgIpc) is 2.68. The van der Waals surface area contributed by atoms with Gasteiger partial charge in [0.05, 0.1) is 6.10 Å². The van der Waals surface area contributed by atoms with Crippen LogP contribution >= 0.6 is 0 Å². The van der Waals surface area contributed by atoms with Crippen molar-refractivity contribution >= 4 is 5.97 Å². The fourth-order valence-electron chi connectivity index (χ4n) is 2.50. The highest BCUT2D eigenvalue weighted by molar-refractivity contribution is 5.78. The normalized spacial score (nSPS) is 24.2. The number of hydrogen-bond donors (Lipinski definition) is 1. The molecule has 1 N–H and O–H groups in total. The van der Waals surface area contributed by atoms with Crippen LogP contribution in [0.5, 0.6) is 0 Å². The summed E-state index contributed by atoms with van der Waals surface area (Å²) in [5, 5.41) is 9.44. The molecule has 0 bridgehead atoms. The molecule has 1 rings (SSSR count). The van der Waals surface area contributed by atoms with E-state index in [0.717, 1.165) is 19.4 Å². The number of ether oxygens (including phenoxy) is 1. The van der Waals surface area contributed by atoms with Crippen molar-refractivity contribution in [1.82, 2.24) is 4.90 Å². The van der Waals surface area contributed by atoms with Gasteiger partial charge in [0.25, 0.3) is 0 Å². The highest BCUT2D eigenvalue weighted by Gasteiger charge is 2.39. The van der Waals surface area contributed by atoms with Crippen molar-refractivity contribution in [2.24, 2.45) is 5.92 Å². The minimum Gasteiger partial charge on any atom is -0.480 e. The maximum atomic E-state index is 11.5. The Morgan fingerprint density at radius 3 is 2.65 bits per heavy atom. The summed E-state index contributed by atoms with van der Waals surface area (Å²) in [5.41, 5.74) is -0.792. The standard InChI is InChI=1S/C13H25NO3/c1-10(2)8-13(3,12(15)16)14(4)9-11-6-5-7-17-11/h10-11H,5-9H2,1-4H3,(H,15,16). The van der Waals surface area contributed by atoms with Crippen LogP contribution in [0.25, 0.3) is 0 Å². The third-order valence-corrected chi connectivity index (χ3v) is 3.61. The molecule has 1 fully saturated rings. The zero-order chi connectivity index (χ0) is 13.1. The van der Waals surface area contributed by atoms with Gasteiger partial charge >= 0.3 is 5.97 Å². The van der Waals surface area contributed by atoms with Crippen LogP contribution in [0.15, 0.2) is 0 Å². The van der Waals surface area contributed by atoms with Crippen molar-refractivity contribution in [2.75, 3.05) is 20.2 Å². The average molecular weight is 243 g/mol. The van der Waals surface area contributed by atoms with Gasteiger partial charge in [0.15, 0.2) is 0 Å². The van der Waals surface area contributed by atoms with E-state index >= 15 is 0 Å². The summed E-state index contributed by atoms with van der Waals surface area (Å²) in [5.74, 6) is -0.380.